The molecule has 3 aliphatic heterocycles. The van der Waals surface area contributed by atoms with Crippen LogP contribution in [0.3, 0.4) is 0 Å². The van der Waals surface area contributed by atoms with Gasteiger partial charge in [-0.2, -0.15) is 0 Å². The normalized spacial score (nSPS) is 32.6. The molecule has 5 aliphatic rings. The summed E-state index contributed by atoms with van der Waals surface area (Å²) < 4.78 is 39.6. The zero-order chi connectivity index (χ0) is 35.3. The summed E-state index contributed by atoms with van der Waals surface area (Å²) in [6.45, 7) is 6.61. The number of likely N-dealkylation sites (tertiary alicyclic amines) is 1. The first-order valence-corrected chi connectivity index (χ1v) is 19.9. The lowest BCUT2D eigenvalue weighted by molar-refractivity contribution is -0.0902. The third kappa shape index (κ3) is 6.90. The number of benzene rings is 2. The number of nitrogens with one attached hydrogen (secondary N) is 1. The van der Waals surface area contributed by atoms with E-state index in [2.05, 4.69) is 38.3 Å². The molecule has 1 spiro atoms. The number of aryl methyl sites for hydroxylation is 1. The number of halogens is 1. The van der Waals surface area contributed by atoms with Crippen LogP contribution in [0.1, 0.15) is 67.4 Å². The van der Waals surface area contributed by atoms with Crippen LogP contribution in [0.15, 0.2) is 52.9 Å². The van der Waals surface area contributed by atoms with Gasteiger partial charge in [0.25, 0.3) is 5.91 Å². The van der Waals surface area contributed by atoms with Crippen LogP contribution in [0.5, 0.6) is 5.75 Å². The average molecular weight is 725 g/mol. The van der Waals surface area contributed by atoms with E-state index in [0.717, 1.165) is 55.9 Å². The van der Waals surface area contributed by atoms with Crippen molar-refractivity contribution in [3.05, 3.63) is 70.3 Å². The van der Waals surface area contributed by atoms with E-state index in [0.29, 0.717) is 49.3 Å². The molecule has 0 radical (unpaired) electrons. The van der Waals surface area contributed by atoms with Crippen LogP contribution >= 0.6 is 11.6 Å². The van der Waals surface area contributed by atoms with Crippen molar-refractivity contribution in [3.8, 4) is 5.75 Å². The van der Waals surface area contributed by atoms with E-state index < -0.39 is 27.5 Å². The van der Waals surface area contributed by atoms with E-state index in [4.69, 9.17) is 25.8 Å². The van der Waals surface area contributed by atoms with Gasteiger partial charge in [0.2, 0.25) is 0 Å². The predicted molar refractivity (Wildman–Crippen MR) is 195 cm³/mol. The Morgan fingerprint density at radius 2 is 1.96 bits per heavy atom. The smallest absolute Gasteiger partial charge is 0.330 e. The molecule has 50 heavy (non-hydrogen) atoms. The number of hydrogen-bond donors (Lipinski definition) is 1. The molecule has 2 fully saturated rings. The number of carbonyl (C=O) groups is 2. The molecule has 0 aromatic heterocycles. The summed E-state index contributed by atoms with van der Waals surface area (Å²) in [5.41, 5.74) is 2.98. The third-order valence-electron chi connectivity index (χ3n) is 11.6. The number of hydrogen-bond acceptors (Lipinski definition) is 7. The molecule has 3 amide bonds. The predicted octanol–water partition coefficient (Wildman–Crippen LogP) is 6.40. The fourth-order valence-electron chi connectivity index (χ4n) is 8.60. The van der Waals surface area contributed by atoms with Gasteiger partial charge >= 0.3 is 6.03 Å². The van der Waals surface area contributed by atoms with Crippen LogP contribution in [0.25, 0.3) is 0 Å². The largest absolute Gasteiger partial charge is 0.490 e. The van der Waals surface area contributed by atoms with Crippen molar-refractivity contribution in [1.29, 1.82) is 0 Å². The van der Waals surface area contributed by atoms with Crippen molar-refractivity contribution in [1.82, 2.24) is 9.62 Å². The monoisotopic (exact) mass is 724 g/mol. The van der Waals surface area contributed by atoms with Gasteiger partial charge in [-0.05, 0) is 105 Å². The summed E-state index contributed by atoms with van der Waals surface area (Å²) in [5.74, 6) is 0.722. The number of fused-ring (bicyclic) bond motifs is 4. The van der Waals surface area contributed by atoms with Gasteiger partial charge in [-0.25, -0.2) is 9.00 Å². The van der Waals surface area contributed by atoms with E-state index in [-0.39, 0.29) is 23.2 Å². The number of rotatable bonds is 3. The highest BCUT2D eigenvalue weighted by atomic mass is 35.5. The summed E-state index contributed by atoms with van der Waals surface area (Å²) in [6, 6.07) is 11.1. The molecular weight excluding hydrogens is 676 g/mol. The van der Waals surface area contributed by atoms with Gasteiger partial charge < -0.3 is 24.0 Å². The van der Waals surface area contributed by atoms with Crippen LogP contribution in [0, 0.1) is 17.8 Å². The maximum atomic E-state index is 14.5. The lowest BCUT2D eigenvalue weighted by atomic mass is 9.68. The van der Waals surface area contributed by atoms with Crippen molar-refractivity contribution in [2.75, 3.05) is 57.7 Å². The Morgan fingerprint density at radius 3 is 2.70 bits per heavy atom. The Morgan fingerprint density at radius 1 is 1.14 bits per heavy atom. The van der Waals surface area contributed by atoms with Crippen molar-refractivity contribution in [2.24, 2.45) is 22.1 Å². The molecule has 1 saturated carbocycles. The van der Waals surface area contributed by atoms with E-state index in [1.54, 1.807) is 20.3 Å². The molecule has 12 heteroatoms. The highest BCUT2D eigenvalue weighted by Crippen LogP contribution is 2.47. The average Bonchev–Trinajstić information content (AvgIpc) is 3.20. The molecule has 2 bridgehead atoms. The quantitative estimate of drug-likeness (QED) is 0.365. The third-order valence-corrected chi connectivity index (χ3v) is 13.8. The van der Waals surface area contributed by atoms with Gasteiger partial charge in [0, 0.05) is 43.3 Å². The second-order valence-electron chi connectivity index (χ2n) is 15.4. The molecule has 2 aromatic rings. The van der Waals surface area contributed by atoms with Gasteiger partial charge in [-0.15, -0.1) is 4.36 Å². The summed E-state index contributed by atoms with van der Waals surface area (Å²) in [5, 5.41) is 0.743. The topological polar surface area (TPSA) is 110 Å². The number of urea groups is 1. The maximum Gasteiger partial charge on any atom is 0.330 e. The van der Waals surface area contributed by atoms with Crippen LogP contribution < -0.4 is 14.4 Å². The Kier molecular flexibility index (Phi) is 9.73. The number of nitrogens with zero attached hydrogens (tertiary/aromatic N) is 3. The van der Waals surface area contributed by atoms with Crippen molar-refractivity contribution in [3.63, 3.8) is 0 Å². The molecule has 3 heterocycles. The Bertz CT molecular complexity index is 1800. The fourth-order valence-corrected chi connectivity index (χ4v) is 10.7. The zero-order valence-electron chi connectivity index (χ0n) is 29.5. The summed E-state index contributed by atoms with van der Waals surface area (Å²) in [6.07, 6.45) is 9.93. The van der Waals surface area contributed by atoms with Gasteiger partial charge in [0.15, 0.2) is 0 Å². The van der Waals surface area contributed by atoms with Crippen LogP contribution in [0.4, 0.5) is 10.5 Å². The molecule has 2 unspecified atom stereocenters. The highest BCUT2D eigenvalue weighted by molar-refractivity contribution is 7.92. The molecule has 1 N–H and O–H groups in total. The van der Waals surface area contributed by atoms with E-state index in [9.17, 15) is 13.8 Å². The SMILES string of the molecule is CO[C@H]1/C=C\C[C@H](C)CS(=O)(NC(=O)N2CC(C)(OC)C2)=NC(=O)c2ccc3c(c2)N(CC2CC[C@H]21)C[C@@]1(CCCc2cc(Cl)ccc21)CO3. The van der Waals surface area contributed by atoms with Crippen molar-refractivity contribution >= 4 is 39.1 Å². The minimum atomic E-state index is -3.48. The number of methoxy groups -OCH3 is 2. The number of carbonyl (C=O) groups excluding carboxylic acids is 2. The van der Waals surface area contributed by atoms with Crippen LogP contribution in [-0.2, 0) is 31.2 Å². The van der Waals surface area contributed by atoms with Gasteiger partial charge in [0.1, 0.15) is 21.3 Å². The van der Waals surface area contributed by atoms with Crippen molar-refractivity contribution in [2.45, 2.75) is 69.5 Å². The zero-order valence-corrected chi connectivity index (χ0v) is 31.1. The maximum absolute atomic E-state index is 14.5. The molecule has 7 rings (SSSR count). The standard InChI is InChI=1S/C38H49ClN4O6S/c1-25-7-5-9-33(47-3)30-13-10-28(30)19-42-23-38(16-6-8-26-17-29(39)12-14-31(26)38)24-49-34-15-11-27(18-32(34)42)35(44)40-50(46,20-25)41-36(45)43-21-37(2,22-43)48-4/h5,9,11-12,14-15,17-18,25,28,30,33H,6-8,10,13,16,19-24H2,1-4H3,(H,40,41,44,45,46)/b9-5-/t25-,28?,30+,33-,38-,50?/m0/s1. The molecular formula is C38H49ClN4O6S. The van der Waals surface area contributed by atoms with Crippen molar-refractivity contribution < 1.29 is 28.0 Å². The summed E-state index contributed by atoms with van der Waals surface area (Å²) in [4.78, 5) is 31.2. The molecule has 10 nitrogen and oxygen atoms in total. The fraction of sp³-hybridized carbons (Fsp3) is 0.579. The number of amides is 3. The van der Waals surface area contributed by atoms with E-state index in [1.165, 1.54) is 16.0 Å². The second kappa shape index (κ2) is 13.8. The van der Waals surface area contributed by atoms with Gasteiger partial charge in [0.05, 0.1) is 37.2 Å². The number of ether oxygens (including phenoxy) is 3. The number of allylic oxidation sites excluding steroid dienone is 1. The van der Waals surface area contributed by atoms with E-state index in [1.807, 2.05) is 32.0 Å². The Labute approximate surface area is 301 Å². The first-order chi connectivity index (χ1) is 23.9. The second-order valence-corrected chi connectivity index (χ2v) is 17.8. The molecule has 2 aromatic carbocycles. The van der Waals surface area contributed by atoms with Gasteiger partial charge in [-0.3, -0.25) is 9.52 Å². The van der Waals surface area contributed by atoms with E-state index >= 15 is 0 Å². The first kappa shape index (κ1) is 35.3. The summed E-state index contributed by atoms with van der Waals surface area (Å²) in [7, 11) is -0.110. The Balaban J connectivity index is 1.27. The van der Waals surface area contributed by atoms with Gasteiger partial charge in [-0.1, -0.05) is 36.7 Å². The Hall–Kier alpha value is -3.12. The summed E-state index contributed by atoms with van der Waals surface area (Å²) >= 11 is 6.45. The lowest BCUT2D eigenvalue weighted by Crippen LogP contribution is -2.65. The lowest BCUT2D eigenvalue weighted by Gasteiger charge is -2.46. The number of anilines is 1. The highest BCUT2D eigenvalue weighted by Gasteiger charge is 2.45. The molecule has 2 aliphatic carbocycles. The minimum absolute atomic E-state index is 0.0278. The van der Waals surface area contributed by atoms with Crippen LogP contribution in [0.2, 0.25) is 5.02 Å². The molecule has 270 valence electrons. The van der Waals surface area contributed by atoms with Crippen LogP contribution in [-0.4, -0.2) is 85.5 Å². The molecule has 1 saturated heterocycles. The minimum Gasteiger partial charge on any atom is -0.490 e. The molecule has 6 atom stereocenters. The first-order valence-electron chi connectivity index (χ1n) is 17.8.